The predicted molar refractivity (Wildman–Crippen MR) is 76.6 cm³/mol. The summed E-state index contributed by atoms with van der Waals surface area (Å²) in [5.41, 5.74) is 0.285. The number of para-hydroxylation sites is 1. The molecule has 2 rings (SSSR count). The number of imidazole rings is 1. The van der Waals surface area contributed by atoms with Gasteiger partial charge in [-0.1, -0.05) is 25.1 Å². The van der Waals surface area contributed by atoms with Crippen LogP contribution in [0.25, 0.3) is 0 Å². The van der Waals surface area contributed by atoms with E-state index in [-0.39, 0.29) is 10.7 Å². The number of nitrogens with one attached hydrogen (secondary N) is 1. The van der Waals surface area contributed by atoms with Crippen molar-refractivity contribution in [3.8, 4) is 0 Å². The SMILES string of the molecule is CCc1ncc(S(=O)(=O)N(CC(=O)O)c2ccccc2)[nH]1. The Bertz CT molecular complexity index is 725. The maximum Gasteiger partial charge on any atom is 0.324 e. The van der Waals surface area contributed by atoms with Crippen LogP contribution in [-0.4, -0.2) is 36.0 Å². The molecule has 8 heteroatoms. The van der Waals surface area contributed by atoms with Crippen LogP contribution in [0.1, 0.15) is 12.7 Å². The Hall–Kier alpha value is -2.35. The van der Waals surface area contributed by atoms with Gasteiger partial charge in [0.1, 0.15) is 12.4 Å². The summed E-state index contributed by atoms with van der Waals surface area (Å²) in [6.07, 6.45) is 1.76. The molecule has 0 bridgehead atoms. The number of rotatable bonds is 6. The number of aromatic amines is 1. The maximum absolute atomic E-state index is 12.6. The van der Waals surface area contributed by atoms with Gasteiger partial charge in [-0.3, -0.25) is 9.10 Å². The first-order valence-electron chi connectivity index (χ1n) is 6.28. The number of carboxylic acid groups (broad SMARTS) is 1. The van der Waals surface area contributed by atoms with E-state index in [2.05, 4.69) is 9.97 Å². The van der Waals surface area contributed by atoms with Crippen molar-refractivity contribution in [2.45, 2.75) is 18.4 Å². The number of carboxylic acids is 1. The Balaban J connectivity index is 2.47. The summed E-state index contributed by atoms with van der Waals surface area (Å²) in [6, 6.07) is 8.09. The van der Waals surface area contributed by atoms with Crippen LogP contribution in [0, 0.1) is 0 Å². The van der Waals surface area contributed by atoms with Gasteiger partial charge in [-0.05, 0) is 12.1 Å². The first kappa shape index (κ1) is 15.0. The summed E-state index contributed by atoms with van der Waals surface area (Å²) in [7, 11) is -4.00. The minimum Gasteiger partial charge on any atom is -0.480 e. The molecule has 0 spiro atoms. The Morgan fingerprint density at radius 3 is 2.52 bits per heavy atom. The fourth-order valence-electron chi connectivity index (χ4n) is 1.80. The first-order chi connectivity index (χ1) is 9.95. The number of aryl methyl sites for hydroxylation is 1. The Labute approximate surface area is 122 Å². The van der Waals surface area contributed by atoms with Gasteiger partial charge in [0.25, 0.3) is 10.0 Å². The van der Waals surface area contributed by atoms with Crippen LogP contribution in [-0.2, 0) is 21.2 Å². The van der Waals surface area contributed by atoms with Crippen LogP contribution in [0.2, 0.25) is 0 Å². The number of anilines is 1. The van der Waals surface area contributed by atoms with Crippen LogP contribution in [0.15, 0.2) is 41.6 Å². The largest absolute Gasteiger partial charge is 0.480 e. The molecule has 0 fully saturated rings. The quantitative estimate of drug-likeness (QED) is 0.836. The highest BCUT2D eigenvalue weighted by Crippen LogP contribution is 2.22. The summed E-state index contributed by atoms with van der Waals surface area (Å²) < 4.78 is 26.0. The smallest absolute Gasteiger partial charge is 0.324 e. The van der Waals surface area contributed by atoms with Gasteiger partial charge in [-0.15, -0.1) is 0 Å². The second-order valence-corrected chi connectivity index (χ2v) is 6.12. The molecule has 0 aliphatic rings. The lowest BCUT2D eigenvalue weighted by atomic mass is 10.3. The Morgan fingerprint density at radius 1 is 1.33 bits per heavy atom. The third-order valence-electron chi connectivity index (χ3n) is 2.83. The van der Waals surface area contributed by atoms with Crippen LogP contribution in [0.5, 0.6) is 0 Å². The highest BCUT2D eigenvalue weighted by Gasteiger charge is 2.28. The third kappa shape index (κ3) is 3.22. The zero-order valence-electron chi connectivity index (χ0n) is 11.4. The first-order valence-corrected chi connectivity index (χ1v) is 7.72. The number of nitrogens with zero attached hydrogens (tertiary/aromatic N) is 2. The van der Waals surface area contributed by atoms with Crippen molar-refractivity contribution in [2.24, 2.45) is 0 Å². The molecule has 0 saturated heterocycles. The molecule has 0 saturated carbocycles. The Kier molecular flexibility index (Phi) is 4.27. The maximum atomic E-state index is 12.6. The number of aliphatic carboxylic acids is 1. The fourth-order valence-corrected chi connectivity index (χ4v) is 3.15. The lowest BCUT2D eigenvalue weighted by Crippen LogP contribution is -2.35. The topological polar surface area (TPSA) is 103 Å². The molecule has 0 aliphatic carbocycles. The van der Waals surface area contributed by atoms with Crippen molar-refractivity contribution >= 4 is 21.7 Å². The summed E-state index contributed by atoms with van der Waals surface area (Å²) in [6.45, 7) is 1.17. The van der Waals surface area contributed by atoms with Gasteiger partial charge in [0.15, 0.2) is 5.03 Å². The Morgan fingerprint density at radius 2 is 2.00 bits per heavy atom. The normalized spacial score (nSPS) is 11.3. The zero-order chi connectivity index (χ0) is 15.5. The molecule has 7 nitrogen and oxygen atoms in total. The van der Waals surface area contributed by atoms with Gasteiger partial charge < -0.3 is 10.1 Å². The van der Waals surface area contributed by atoms with Gasteiger partial charge in [0, 0.05) is 6.42 Å². The summed E-state index contributed by atoms with van der Waals surface area (Å²) in [5.74, 6) is -0.713. The lowest BCUT2D eigenvalue weighted by Gasteiger charge is -2.21. The van der Waals surface area contributed by atoms with E-state index in [0.29, 0.717) is 12.2 Å². The van der Waals surface area contributed by atoms with Crippen molar-refractivity contribution in [3.63, 3.8) is 0 Å². The number of benzene rings is 1. The minimum absolute atomic E-state index is 0.121. The van der Waals surface area contributed by atoms with E-state index < -0.39 is 22.5 Å². The van der Waals surface area contributed by atoms with Gasteiger partial charge in [-0.25, -0.2) is 4.98 Å². The van der Waals surface area contributed by atoms with Gasteiger partial charge in [-0.2, -0.15) is 8.42 Å². The molecule has 1 aromatic heterocycles. The highest BCUT2D eigenvalue weighted by molar-refractivity contribution is 7.92. The van der Waals surface area contributed by atoms with Crippen LogP contribution in [0.3, 0.4) is 0 Å². The van der Waals surface area contributed by atoms with Gasteiger partial charge >= 0.3 is 5.97 Å². The average Bonchev–Trinajstić information content (AvgIpc) is 2.95. The average molecular weight is 309 g/mol. The summed E-state index contributed by atoms with van der Waals surface area (Å²) in [4.78, 5) is 17.6. The van der Waals surface area contributed by atoms with E-state index in [9.17, 15) is 13.2 Å². The number of hydrogen-bond donors (Lipinski definition) is 2. The monoisotopic (exact) mass is 309 g/mol. The van der Waals surface area contributed by atoms with Crippen molar-refractivity contribution < 1.29 is 18.3 Å². The lowest BCUT2D eigenvalue weighted by molar-refractivity contribution is -0.135. The van der Waals surface area contributed by atoms with E-state index in [1.165, 1.54) is 18.3 Å². The second kappa shape index (κ2) is 5.96. The number of carbonyl (C=O) groups is 1. The van der Waals surface area contributed by atoms with Crippen molar-refractivity contribution in [2.75, 3.05) is 10.8 Å². The number of H-pyrrole nitrogens is 1. The molecule has 0 atom stereocenters. The van der Waals surface area contributed by atoms with E-state index in [1.807, 2.05) is 6.92 Å². The number of sulfonamides is 1. The van der Waals surface area contributed by atoms with E-state index >= 15 is 0 Å². The second-order valence-electron chi connectivity index (χ2n) is 4.29. The van der Waals surface area contributed by atoms with Crippen molar-refractivity contribution in [1.29, 1.82) is 0 Å². The molecule has 1 aromatic carbocycles. The molecule has 2 N–H and O–H groups in total. The molecule has 0 unspecified atom stereocenters. The highest BCUT2D eigenvalue weighted by atomic mass is 32.2. The third-order valence-corrected chi connectivity index (χ3v) is 4.51. The molecular formula is C13H15N3O4S. The van der Waals surface area contributed by atoms with E-state index in [0.717, 1.165) is 4.31 Å². The van der Waals surface area contributed by atoms with Crippen molar-refractivity contribution in [3.05, 3.63) is 42.4 Å². The zero-order valence-corrected chi connectivity index (χ0v) is 12.2. The number of aromatic nitrogens is 2. The number of hydrogen-bond acceptors (Lipinski definition) is 4. The molecule has 0 aliphatic heterocycles. The molecule has 112 valence electrons. The standard InChI is InChI=1S/C13H15N3O4S/c1-2-11-14-8-12(15-11)21(19,20)16(9-13(17)18)10-6-4-3-5-7-10/h3-8H,2,9H2,1H3,(H,14,15)(H,17,18). The van der Waals surface area contributed by atoms with Crippen molar-refractivity contribution in [1.82, 2.24) is 9.97 Å². The van der Waals surface area contributed by atoms with Gasteiger partial charge in [0.2, 0.25) is 0 Å². The van der Waals surface area contributed by atoms with E-state index in [4.69, 9.17) is 5.11 Å². The minimum atomic E-state index is -4.00. The fraction of sp³-hybridized carbons (Fsp3) is 0.231. The van der Waals surface area contributed by atoms with E-state index in [1.54, 1.807) is 18.2 Å². The molecule has 0 radical (unpaired) electrons. The predicted octanol–water partition coefficient (Wildman–Crippen LogP) is 1.25. The summed E-state index contributed by atoms with van der Waals surface area (Å²) in [5, 5.41) is 8.85. The molecule has 21 heavy (non-hydrogen) atoms. The van der Waals surface area contributed by atoms with Crippen LogP contribution in [0.4, 0.5) is 5.69 Å². The summed E-state index contributed by atoms with van der Waals surface area (Å²) >= 11 is 0. The van der Waals surface area contributed by atoms with Gasteiger partial charge in [0.05, 0.1) is 11.9 Å². The van der Waals surface area contributed by atoms with Crippen LogP contribution >= 0.6 is 0 Å². The molecular weight excluding hydrogens is 294 g/mol. The van der Waals surface area contributed by atoms with Crippen LogP contribution < -0.4 is 4.31 Å². The molecule has 2 aromatic rings. The molecule has 1 heterocycles. The molecule has 0 amide bonds.